The van der Waals surface area contributed by atoms with Gasteiger partial charge in [-0.2, -0.15) is 0 Å². The van der Waals surface area contributed by atoms with Gasteiger partial charge in [0.05, 0.1) is 0 Å². The van der Waals surface area contributed by atoms with Gasteiger partial charge in [0.1, 0.15) is 0 Å². The van der Waals surface area contributed by atoms with Gasteiger partial charge in [0.25, 0.3) is 0 Å². The van der Waals surface area contributed by atoms with Gasteiger partial charge in [0, 0.05) is 6.04 Å². The molecule has 0 aromatic heterocycles. The molecule has 1 aliphatic carbocycles. The van der Waals surface area contributed by atoms with Crippen LogP contribution in [-0.4, -0.2) is 0 Å². The summed E-state index contributed by atoms with van der Waals surface area (Å²) in [5, 5.41) is 0. The van der Waals surface area contributed by atoms with Crippen molar-refractivity contribution in [1.29, 1.82) is 0 Å². The van der Waals surface area contributed by atoms with E-state index in [1.54, 1.807) is 0 Å². The minimum Gasteiger partial charge on any atom is -0.324 e. The first kappa shape index (κ1) is 14.6. The quantitative estimate of drug-likeness (QED) is 0.809. The topological polar surface area (TPSA) is 26.0 Å². The molecule has 1 unspecified atom stereocenters. The first-order valence-corrected chi connectivity index (χ1v) is 8.15. The molecule has 0 radical (unpaired) electrons. The maximum Gasteiger partial charge on any atom is 0.0323 e. The van der Waals surface area contributed by atoms with Gasteiger partial charge < -0.3 is 5.73 Å². The van der Waals surface area contributed by atoms with Crippen molar-refractivity contribution < 1.29 is 0 Å². The Morgan fingerprint density at radius 2 is 1.79 bits per heavy atom. The number of hydrogen-bond acceptors (Lipinski definition) is 1. The molecule has 1 aromatic rings. The van der Waals surface area contributed by atoms with E-state index in [0.717, 1.165) is 0 Å². The van der Waals surface area contributed by atoms with Crippen LogP contribution < -0.4 is 5.73 Å². The maximum absolute atomic E-state index is 6.56. The summed E-state index contributed by atoms with van der Waals surface area (Å²) >= 11 is 0. The molecule has 0 bridgehead atoms. The van der Waals surface area contributed by atoms with E-state index < -0.39 is 0 Å². The van der Waals surface area contributed by atoms with E-state index in [4.69, 9.17) is 5.73 Å². The van der Waals surface area contributed by atoms with Crippen LogP contribution in [0, 0.1) is 5.92 Å². The largest absolute Gasteiger partial charge is 0.324 e. The first-order valence-electron chi connectivity index (χ1n) is 8.15. The molecule has 1 fully saturated rings. The third kappa shape index (κ3) is 4.35. The number of aryl methyl sites for hydroxylation is 1. The van der Waals surface area contributed by atoms with Crippen molar-refractivity contribution in [2.24, 2.45) is 11.7 Å². The second kappa shape index (κ2) is 7.69. The van der Waals surface area contributed by atoms with Crippen LogP contribution in [0.1, 0.15) is 75.5 Å². The zero-order chi connectivity index (χ0) is 13.5. The van der Waals surface area contributed by atoms with E-state index in [0.29, 0.717) is 5.92 Å². The van der Waals surface area contributed by atoms with Crippen LogP contribution in [0.3, 0.4) is 0 Å². The van der Waals surface area contributed by atoms with Crippen molar-refractivity contribution >= 4 is 0 Å². The Morgan fingerprint density at radius 3 is 2.47 bits per heavy atom. The predicted octanol–water partition coefficient (Wildman–Crippen LogP) is 5.00. The minimum atomic E-state index is 0.245. The Labute approximate surface area is 118 Å². The summed E-state index contributed by atoms with van der Waals surface area (Å²) in [7, 11) is 0. The summed E-state index contributed by atoms with van der Waals surface area (Å²) in [6.07, 6.45) is 12.0. The van der Waals surface area contributed by atoms with Crippen molar-refractivity contribution in [3.63, 3.8) is 0 Å². The Morgan fingerprint density at radius 1 is 1.11 bits per heavy atom. The minimum absolute atomic E-state index is 0.245. The van der Waals surface area contributed by atoms with Crippen molar-refractivity contribution in [2.45, 2.75) is 70.8 Å². The van der Waals surface area contributed by atoms with Crippen LogP contribution in [0.2, 0.25) is 0 Å². The van der Waals surface area contributed by atoms with Crippen molar-refractivity contribution in [3.05, 3.63) is 35.4 Å². The number of hydrogen-bond donors (Lipinski definition) is 1. The predicted molar refractivity (Wildman–Crippen MR) is 83.2 cm³/mol. The van der Waals surface area contributed by atoms with Gasteiger partial charge in [0.2, 0.25) is 0 Å². The Kier molecular flexibility index (Phi) is 5.91. The summed E-state index contributed by atoms with van der Waals surface area (Å²) < 4.78 is 0. The molecule has 1 aromatic carbocycles. The van der Waals surface area contributed by atoms with Crippen LogP contribution in [-0.2, 0) is 6.42 Å². The average Bonchev–Trinajstić information content (AvgIpc) is 2.38. The van der Waals surface area contributed by atoms with Crippen molar-refractivity contribution in [2.75, 3.05) is 0 Å². The second-order valence-corrected chi connectivity index (χ2v) is 6.13. The summed E-state index contributed by atoms with van der Waals surface area (Å²) in [4.78, 5) is 0. The first-order chi connectivity index (χ1) is 9.31. The molecule has 0 spiro atoms. The molecular formula is C18H29N. The lowest BCUT2D eigenvalue weighted by atomic mass is 9.83. The van der Waals surface area contributed by atoms with Crippen LogP contribution in [0.15, 0.2) is 24.3 Å². The van der Waals surface area contributed by atoms with Gasteiger partial charge in [-0.05, 0) is 36.3 Å². The molecule has 2 N–H and O–H groups in total. The highest BCUT2D eigenvalue weighted by atomic mass is 14.7. The number of benzene rings is 1. The lowest BCUT2D eigenvalue weighted by Gasteiger charge is -2.26. The fourth-order valence-electron chi connectivity index (χ4n) is 3.36. The third-order valence-corrected chi connectivity index (χ3v) is 4.53. The lowest BCUT2D eigenvalue weighted by molar-refractivity contribution is 0.327. The van der Waals surface area contributed by atoms with Crippen LogP contribution in [0.25, 0.3) is 0 Å². The fourth-order valence-corrected chi connectivity index (χ4v) is 3.36. The summed E-state index contributed by atoms with van der Waals surface area (Å²) in [5.41, 5.74) is 9.36. The van der Waals surface area contributed by atoms with Crippen LogP contribution >= 0.6 is 0 Å². The molecule has 1 nitrogen and oxygen atoms in total. The van der Waals surface area contributed by atoms with E-state index in [9.17, 15) is 0 Å². The van der Waals surface area contributed by atoms with Crippen molar-refractivity contribution in [1.82, 2.24) is 0 Å². The highest BCUT2D eigenvalue weighted by molar-refractivity contribution is 5.26. The van der Waals surface area contributed by atoms with E-state index in [1.807, 2.05) is 0 Å². The Balaban J connectivity index is 2.03. The SMILES string of the molecule is CCCc1cccc(C(N)C2CCCCCCC2)c1. The van der Waals surface area contributed by atoms with Gasteiger partial charge >= 0.3 is 0 Å². The fraction of sp³-hybridized carbons (Fsp3) is 0.667. The van der Waals surface area contributed by atoms with Gasteiger partial charge in [-0.15, -0.1) is 0 Å². The number of nitrogens with two attached hydrogens (primary N) is 1. The molecule has 0 heterocycles. The zero-order valence-electron chi connectivity index (χ0n) is 12.4. The highest BCUT2D eigenvalue weighted by Gasteiger charge is 2.20. The molecule has 1 atom stereocenters. The molecule has 1 saturated carbocycles. The summed E-state index contributed by atoms with van der Waals surface area (Å²) in [6.45, 7) is 2.24. The van der Waals surface area contributed by atoms with Gasteiger partial charge in [-0.1, -0.05) is 69.7 Å². The normalized spacial score (nSPS) is 19.7. The summed E-state index contributed by atoms with van der Waals surface area (Å²) in [5.74, 6) is 0.692. The molecular weight excluding hydrogens is 230 g/mol. The van der Waals surface area contributed by atoms with Gasteiger partial charge in [0.15, 0.2) is 0 Å². The molecule has 0 amide bonds. The monoisotopic (exact) mass is 259 g/mol. The lowest BCUT2D eigenvalue weighted by Crippen LogP contribution is -2.22. The smallest absolute Gasteiger partial charge is 0.0323 e. The van der Waals surface area contributed by atoms with Gasteiger partial charge in [-0.25, -0.2) is 0 Å². The molecule has 1 aliphatic rings. The molecule has 0 aliphatic heterocycles. The third-order valence-electron chi connectivity index (χ3n) is 4.53. The molecule has 106 valence electrons. The van der Waals surface area contributed by atoms with E-state index >= 15 is 0 Å². The average molecular weight is 259 g/mol. The van der Waals surface area contributed by atoms with E-state index in [-0.39, 0.29) is 6.04 Å². The molecule has 1 heteroatoms. The summed E-state index contributed by atoms with van der Waals surface area (Å²) in [6, 6.07) is 9.23. The molecule has 19 heavy (non-hydrogen) atoms. The van der Waals surface area contributed by atoms with Crippen LogP contribution in [0.5, 0.6) is 0 Å². The maximum atomic E-state index is 6.56. The van der Waals surface area contributed by atoms with Gasteiger partial charge in [-0.3, -0.25) is 0 Å². The molecule has 2 rings (SSSR count). The van der Waals surface area contributed by atoms with E-state index in [2.05, 4.69) is 31.2 Å². The van der Waals surface area contributed by atoms with Crippen molar-refractivity contribution in [3.8, 4) is 0 Å². The van der Waals surface area contributed by atoms with Crippen LogP contribution in [0.4, 0.5) is 0 Å². The highest BCUT2D eigenvalue weighted by Crippen LogP contribution is 2.31. The standard InChI is InChI=1S/C18H29N/c1-2-9-15-10-8-13-17(14-15)18(19)16-11-6-4-3-5-7-12-16/h8,10,13-14,16,18H,2-7,9,11-12,19H2,1H3. The molecule has 0 saturated heterocycles. The Hall–Kier alpha value is -0.820. The Bertz CT molecular complexity index is 364. The van der Waals surface area contributed by atoms with E-state index in [1.165, 1.54) is 68.9 Å². The number of rotatable bonds is 4. The zero-order valence-corrected chi connectivity index (χ0v) is 12.4. The second-order valence-electron chi connectivity index (χ2n) is 6.13.